The molecule has 2 aromatic rings. The van der Waals surface area contributed by atoms with Gasteiger partial charge in [-0.1, -0.05) is 42.0 Å². The van der Waals surface area contributed by atoms with Crippen LogP contribution in [0.4, 0.5) is 0 Å². The highest BCUT2D eigenvalue weighted by molar-refractivity contribution is 5.50. The molecule has 0 saturated carbocycles. The Labute approximate surface area is 114 Å². The summed E-state index contributed by atoms with van der Waals surface area (Å²) in [7, 11) is 0. The van der Waals surface area contributed by atoms with Crippen molar-refractivity contribution in [2.24, 2.45) is 0 Å². The molecule has 19 heavy (non-hydrogen) atoms. The number of hydrogen-bond acceptors (Lipinski definition) is 1. The second kappa shape index (κ2) is 4.21. The van der Waals surface area contributed by atoms with Crippen molar-refractivity contribution < 1.29 is 5.11 Å². The fourth-order valence-corrected chi connectivity index (χ4v) is 3.22. The molecule has 1 unspecified atom stereocenters. The summed E-state index contributed by atoms with van der Waals surface area (Å²) in [6, 6.07) is 12.7. The zero-order chi connectivity index (χ0) is 13.6. The van der Waals surface area contributed by atoms with Gasteiger partial charge in [0, 0.05) is 0 Å². The minimum Gasteiger partial charge on any atom is -0.380 e. The molecule has 1 nitrogen and oxygen atoms in total. The van der Waals surface area contributed by atoms with Gasteiger partial charge in [0.05, 0.1) is 0 Å². The maximum atomic E-state index is 11.2. The summed E-state index contributed by atoms with van der Waals surface area (Å²) >= 11 is 0. The topological polar surface area (TPSA) is 20.2 Å². The van der Waals surface area contributed by atoms with Gasteiger partial charge in [-0.05, 0) is 61.4 Å². The largest absolute Gasteiger partial charge is 0.380 e. The average molecular weight is 252 g/mol. The molecular weight excluding hydrogens is 232 g/mol. The third-order valence-corrected chi connectivity index (χ3v) is 4.52. The Hall–Kier alpha value is -1.60. The Kier molecular flexibility index (Phi) is 2.75. The van der Waals surface area contributed by atoms with Crippen molar-refractivity contribution in [2.45, 2.75) is 39.2 Å². The highest BCUT2D eigenvalue weighted by atomic mass is 16.3. The molecule has 2 aromatic carbocycles. The molecule has 0 saturated heterocycles. The molecule has 1 N–H and O–H groups in total. The van der Waals surface area contributed by atoms with E-state index in [2.05, 4.69) is 51.1 Å². The van der Waals surface area contributed by atoms with Crippen LogP contribution >= 0.6 is 0 Å². The van der Waals surface area contributed by atoms with Gasteiger partial charge in [-0.2, -0.15) is 0 Å². The lowest BCUT2D eigenvalue weighted by molar-refractivity contribution is 0.0821. The number of aliphatic hydroxyl groups is 1. The zero-order valence-electron chi connectivity index (χ0n) is 11.8. The van der Waals surface area contributed by atoms with Gasteiger partial charge in [0.2, 0.25) is 0 Å². The van der Waals surface area contributed by atoms with Gasteiger partial charge in [-0.3, -0.25) is 0 Å². The van der Waals surface area contributed by atoms with E-state index in [-0.39, 0.29) is 0 Å². The van der Waals surface area contributed by atoms with E-state index in [1.807, 2.05) is 6.07 Å². The Balaban J connectivity index is 2.22. The van der Waals surface area contributed by atoms with Gasteiger partial charge in [0.1, 0.15) is 5.60 Å². The first-order chi connectivity index (χ1) is 9.02. The molecular formula is C18H20O. The van der Waals surface area contributed by atoms with Crippen LogP contribution in [0.5, 0.6) is 0 Å². The van der Waals surface area contributed by atoms with Gasteiger partial charge >= 0.3 is 0 Å². The summed E-state index contributed by atoms with van der Waals surface area (Å²) in [4.78, 5) is 0. The van der Waals surface area contributed by atoms with E-state index in [4.69, 9.17) is 0 Å². The molecule has 0 spiro atoms. The first-order valence-electron chi connectivity index (χ1n) is 6.91. The molecule has 3 rings (SSSR count). The molecule has 0 aromatic heterocycles. The Morgan fingerprint density at radius 1 is 1.00 bits per heavy atom. The third kappa shape index (κ3) is 1.81. The van der Waals surface area contributed by atoms with Crippen LogP contribution < -0.4 is 0 Å². The molecule has 0 bridgehead atoms. The van der Waals surface area contributed by atoms with Crippen LogP contribution in [0.1, 0.15) is 39.8 Å². The Morgan fingerprint density at radius 2 is 1.79 bits per heavy atom. The quantitative estimate of drug-likeness (QED) is 0.818. The van der Waals surface area contributed by atoms with E-state index in [1.54, 1.807) is 0 Å². The van der Waals surface area contributed by atoms with Crippen LogP contribution in [-0.4, -0.2) is 5.11 Å². The molecule has 1 aliphatic rings. The number of rotatable bonds is 1. The maximum Gasteiger partial charge on any atom is 0.115 e. The summed E-state index contributed by atoms with van der Waals surface area (Å²) in [5, 5.41) is 11.2. The normalized spacial score (nSPS) is 21.5. The van der Waals surface area contributed by atoms with Crippen molar-refractivity contribution in [1.29, 1.82) is 0 Å². The number of benzene rings is 2. The third-order valence-electron chi connectivity index (χ3n) is 4.52. The van der Waals surface area contributed by atoms with Crippen molar-refractivity contribution in [2.75, 3.05) is 0 Å². The fourth-order valence-electron chi connectivity index (χ4n) is 3.22. The highest BCUT2D eigenvalue weighted by Crippen LogP contribution is 2.43. The predicted molar refractivity (Wildman–Crippen MR) is 78.4 cm³/mol. The number of hydrogen-bond donors (Lipinski definition) is 1. The zero-order valence-corrected chi connectivity index (χ0v) is 11.8. The average Bonchev–Trinajstić information content (AvgIpc) is 2.71. The van der Waals surface area contributed by atoms with E-state index in [9.17, 15) is 5.11 Å². The lowest BCUT2D eigenvalue weighted by Crippen LogP contribution is -2.25. The first-order valence-corrected chi connectivity index (χ1v) is 6.91. The summed E-state index contributed by atoms with van der Waals surface area (Å²) < 4.78 is 0. The second-order valence-corrected chi connectivity index (χ2v) is 5.77. The van der Waals surface area contributed by atoms with Crippen molar-refractivity contribution >= 4 is 0 Å². The summed E-state index contributed by atoms with van der Waals surface area (Å²) in [6.45, 7) is 6.30. The van der Waals surface area contributed by atoms with Crippen LogP contribution in [0, 0.1) is 20.8 Å². The van der Waals surface area contributed by atoms with Crippen molar-refractivity contribution in [3.8, 4) is 0 Å². The molecule has 1 heteroatoms. The molecule has 0 radical (unpaired) electrons. The lowest BCUT2D eigenvalue weighted by Gasteiger charge is -2.27. The smallest absolute Gasteiger partial charge is 0.115 e. The van der Waals surface area contributed by atoms with Crippen LogP contribution in [0.3, 0.4) is 0 Å². The van der Waals surface area contributed by atoms with Crippen LogP contribution in [0.15, 0.2) is 36.4 Å². The SMILES string of the molecule is Cc1ccc2c(c1)C(O)(c1cccc(C)c1C)CC2. The van der Waals surface area contributed by atoms with Crippen LogP contribution in [-0.2, 0) is 12.0 Å². The molecule has 0 amide bonds. The molecule has 1 aliphatic carbocycles. The lowest BCUT2D eigenvalue weighted by atomic mass is 9.83. The summed E-state index contributed by atoms with van der Waals surface area (Å²) in [6.07, 6.45) is 1.75. The first kappa shape index (κ1) is 12.4. The van der Waals surface area contributed by atoms with Gasteiger partial charge in [0.15, 0.2) is 0 Å². The minimum atomic E-state index is -0.808. The van der Waals surface area contributed by atoms with E-state index in [1.165, 1.54) is 22.3 Å². The van der Waals surface area contributed by atoms with E-state index in [0.29, 0.717) is 0 Å². The molecule has 0 fully saturated rings. The van der Waals surface area contributed by atoms with Gasteiger partial charge in [0.25, 0.3) is 0 Å². The summed E-state index contributed by atoms with van der Waals surface area (Å²) in [5.41, 5.74) is 6.31. The molecule has 0 aliphatic heterocycles. The van der Waals surface area contributed by atoms with Gasteiger partial charge < -0.3 is 5.11 Å². The van der Waals surface area contributed by atoms with Crippen LogP contribution in [0.25, 0.3) is 0 Å². The molecule has 98 valence electrons. The fraction of sp³-hybridized carbons (Fsp3) is 0.333. The van der Waals surface area contributed by atoms with E-state index in [0.717, 1.165) is 24.0 Å². The minimum absolute atomic E-state index is 0.788. The standard InChI is InChI=1S/C18H20O/c1-12-7-8-15-9-10-18(19,17(15)11-12)16-6-4-5-13(2)14(16)3/h4-8,11,19H,9-10H2,1-3H3. The van der Waals surface area contributed by atoms with E-state index >= 15 is 0 Å². The summed E-state index contributed by atoms with van der Waals surface area (Å²) in [5.74, 6) is 0. The van der Waals surface area contributed by atoms with Crippen molar-refractivity contribution in [3.05, 3.63) is 69.8 Å². The Bertz CT molecular complexity index is 642. The van der Waals surface area contributed by atoms with Gasteiger partial charge in [-0.25, -0.2) is 0 Å². The maximum absolute atomic E-state index is 11.2. The Morgan fingerprint density at radius 3 is 2.58 bits per heavy atom. The van der Waals surface area contributed by atoms with Crippen molar-refractivity contribution in [3.63, 3.8) is 0 Å². The number of aryl methyl sites for hydroxylation is 3. The van der Waals surface area contributed by atoms with E-state index < -0.39 is 5.60 Å². The monoisotopic (exact) mass is 252 g/mol. The molecule has 1 atom stereocenters. The molecule has 0 heterocycles. The second-order valence-electron chi connectivity index (χ2n) is 5.77. The number of fused-ring (bicyclic) bond motifs is 1. The van der Waals surface area contributed by atoms with Gasteiger partial charge in [-0.15, -0.1) is 0 Å². The predicted octanol–water partition coefficient (Wildman–Crippen LogP) is 3.79. The van der Waals surface area contributed by atoms with Crippen LogP contribution in [0.2, 0.25) is 0 Å². The highest BCUT2D eigenvalue weighted by Gasteiger charge is 2.39. The van der Waals surface area contributed by atoms with Crippen molar-refractivity contribution in [1.82, 2.24) is 0 Å².